The van der Waals surface area contributed by atoms with E-state index in [1.165, 1.54) is 19.1 Å². The maximum absolute atomic E-state index is 14.3. The van der Waals surface area contributed by atoms with Gasteiger partial charge in [0.05, 0.1) is 5.41 Å². The summed E-state index contributed by atoms with van der Waals surface area (Å²) in [5, 5.41) is 9.64. The molecule has 0 aliphatic heterocycles. The van der Waals surface area contributed by atoms with Crippen molar-refractivity contribution in [3.8, 4) is 5.75 Å². The van der Waals surface area contributed by atoms with Crippen molar-refractivity contribution in [1.29, 1.82) is 0 Å². The molecule has 0 saturated heterocycles. The summed E-state index contributed by atoms with van der Waals surface area (Å²) in [5.74, 6) is -2.79. The lowest BCUT2D eigenvalue weighted by molar-refractivity contribution is -0.275. The van der Waals surface area contributed by atoms with Gasteiger partial charge in [0, 0.05) is 5.56 Å². The van der Waals surface area contributed by atoms with E-state index < -0.39 is 35.2 Å². The fourth-order valence-electron chi connectivity index (χ4n) is 2.68. The third kappa shape index (κ3) is 3.02. The van der Waals surface area contributed by atoms with Crippen molar-refractivity contribution in [2.75, 3.05) is 0 Å². The van der Waals surface area contributed by atoms with Crippen LogP contribution in [-0.2, 0) is 10.2 Å². The van der Waals surface area contributed by atoms with Crippen molar-refractivity contribution in [3.05, 3.63) is 29.6 Å². The molecule has 0 unspecified atom stereocenters. The summed E-state index contributed by atoms with van der Waals surface area (Å²) in [6.45, 7) is 1.42. The number of carbonyl (C=O) groups excluding carboxylic acids is 1. The van der Waals surface area contributed by atoms with Crippen molar-refractivity contribution < 1.29 is 32.2 Å². The fourth-order valence-corrected chi connectivity index (χ4v) is 2.68. The van der Waals surface area contributed by atoms with E-state index >= 15 is 0 Å². The van der Waals surface area contributed by atoms with Crippen molar-refractivity contribution in [3.63, 3.8) is 0 Å². The van der Waals surface area contributed by atoms with Crippen LogP contribution in [0.15, 0.2) is 18.2 Å². The number of carbonyl (C=O) groups is 1. The first-order chi connectivity index (χ1) is 9.65. The molecule has 1 aliphatic carbocycles. The number of hydrogen-bond donors (Lipinski definition) is 1. The molecule has 0 heterocycles. The summed E-state index contributed by atoms with van der Waals surface area (Å²) in [6.07, 6.45) is -5.23. The summed E-state index contributed by atoms with van der Waals surface area (Å²) in [5.41, 5.74) is -1.54. The second kappa shape index (κ2) is 5.29. The molecular weight excluding hydrogens is 292 g/mol. The van der Waals surface area contributed by atoms with Gasteiger partial charge in [0.15, 0.2) is 17.3 Å². The van der Waals surface area contributed by atoms with E-state index in [9.17, 15) is 27.5 Å². The van der Waals surface area contributed by atoms with Crippen molar-refractivity contribution in [1.82, 2.24) is 0 Å². The molecule has 0 spiro atoms. The van der Waals surface area contributed by atoms with Crippen LogP contribution in [0.4, 0.5) is 17.6 Å². The normalized spacial score (nSPS) is 26.8. The van der Waals surface area contributed by atoms with E-state index in [1.807, 2.05) is 0 Å². The smallest absolute Gasteiger partial charge is 0.403 e. The number of ether oxygens (including phenoxy) is 1. The lowest BCUT2D eigenvalue weighted by Gasteiger charge is -2.35. The maximum Gasteiger partial charge on any atom is 0.573 e. The highest BCUT2D eigenvalue weighted by molar-refractivity contribution is 5.94. The number of aliphatic hydroxyl groups is 1. The monoisotopic (exact) mass is 306 g/mol. The summed E-state index contributed by atoms with van der Waals surface area (Å²) < 4.78 is 54.6. The minimum Gasteiger partial charge on any atom is -0.403 e. The Morgan fingerprint density at radius 2 is 2.05 bits per heavy atom. The molecule has 1 N–H and O–H groups in total. The minimum absolute atomic E-state index is 0.187. The number of rotatable bonds is 2. The predicted octanol–water partition coefficient (Wildman–Crippen LogP) is 3.10. The van der Waals surface area contributed by atoms with Crippen LogP contribution >= 0.6 is 0 Å². The second-order valence-electron chi connectivity index (χ2n) is 5.27. The number of halogens is 4. The highest BCUT2D eigenvalue weighted by atomic mass is 19.4. The summed E-state index contributed by atoms with van der Waals surface area (Å²) in [6, 6.07) is 3.28. The van der Waals surface area contributed by atoms with Gasteiger partial charge in [-0.3, -0.25) is 4.79 Å². The van der Waals surface area contributed by atoms with Gasteiger partial charge >= 0.3 is 6.36 Å². The molecule has 0 amide bonds. The zero-order chi connectivity index (χ0) is 15.8. The van der Waals surface area contributed by atoms with Crippen LogP contribution in [0.2, 0.25) is 0 Å². The van der Waals surface area contributed by atoms with Crippen LogP contribution in [0, 0.1) is 5.82 Å². The molecule has 7 heteroatoms. The summed E-state index contributed by atoms with van der Waals surface area (Å²) in [7, 11) is 0. The van der Waals surface area contributed by atoms with E-state index in [0.29, 0.717) is 6.42 Å². The Morgan fingerprint density at radius 3 is 2.67 bits per heavy atom. The number of ketones is 1. The standard InChI is InChI=1S/C14H14F4O3/c1-13(7-3-5-9(19)12(13)20)8-4-2-6-10(11(8)15)21-14(16,17)18/h2,4,6,9,19H,3,5,7H2,1H3/t9-,13+/m1/s1. The van der Waals surface area contributed by atoms with Gasteiger partial charge in [0.25, 0.3) is 0 Å². The molecule has 21 heavy (non-hydrogen) atoms. The predicted molar refractivity (Wildman–Crippen MR) is 65.3 cm³/mol. The van der Waals surface area contributed by atoms with Gasteiger partial charge in [-0.15, -0.1) is 13.2 Å². The lowest BCUT2D eigenvalue weighted by atomic mass is 9.68. The average molecular weight is 306 g/mol. The number of alkyl halides is 3. The molecule has 0 radical (unpaired) electrons. The maximum atomic E-state index is 14.3. The molecule has 0 bridgehead atoms. The van der Waals surface area contributed by atoms with Crippen LogP contribution in [0.3, 0.4) is 0 Å². The number of hydrogen-bond acceptors (Lipinski definition) is 3. The Bertz CT molecular complexity index is 556. The SMILES string of the molecule is C[C@@]1(c2cccc(OC(F)(F)F)c2F)CCC[C@@H](O)C1=O. The lowest BCUT2D eigenvalue weighted by Crippen LogP contribution is -2.44. The Labute approximate surface area is 118 Å². The molecule has 1 saturated carbocycles. The fraction of sp³-hybridized carbons (Fsp3) is 0.500. The third-order valence-electron chi connectivity index (χ3n) is 3.78. The molecular formula is C14H14F4O3. The van der Waals surface area contributed by atoms with Crippen LogP contribution in [0.5, 0.6) is 5.75 Å². The van der Waals surface area contributed by atoms with E-state index in [1.54, 1.807) is 0 Å². The van der Waals surface area contributed by atoms with Gasteiger partial charge in [-0.2, -0.15) is 0 Å². The van der Waals surface area contributed by atoms with Crippen LogP contribution in [0.1, 0.15) is 31.7 Å². The highest BCUT2D eigenvalue weighted by Crippen LogP contribution is 2.40. The van der Waals surface area contributed by atoms with E-state index in [0.717, 1.165) is 6.07 Å². The van der Waals surface area contributed by atoms with Crippen molar-refractivity contribution in [2.45, 2.75) is 44.1 Å². The zero-order valence-corrected chi connectivity index (χ0v) is 11.2. The van der Waals surface area contributed by atoms with Gasteiger partial charge in [-0.1, -0.05) is 12.1 Å². The number of Topliss-reactive ketones (excluding diaryl/α,β-unsaturated/α-hetero) is 1. The van der Waals surface area contributed by atoms with Gasteiger partial charge in [0.2, 0.25) is 0 Å². The molecule has 1 aromatic carbocycles. The molecule has 116 valence electrons. The zero-order valence-electron chi connectivity index (χ0n) is 11.2. The molecule has 1 fully saturated rings. The third-order valence-corrected chi connectivity index (χ3v) is 3.78. The molecule has 3 nitrogen and oxygen atoms in total. The first-order valence-electron chi connectivity index (χ1n) is 6.42. The summed E-state index contributed by atoms with van der Waals surface area (Å²) in [4.78, 5) is 12.1. The molecule has 0 aromatic heterocycles. The topological polar surface area (TPSA) is 46.5 Å². The van der Waals surface area contributed by atoms with E-state index in [4.69, 9.17) is 0 Å². The van der Waals surface area contributed by atoms with Crippen molar-refractivity contribution >= 4 is 5.78 Å². The number of aliphatic hydroxyl groups excluding tert-OH is 1. The Morgan fingerprint density at radius 1 is 1.38 bits per heavy atom. The van der Waals surface area contributed by atoms with Crippen molar-refractivity contribution in [2.24, 2.45) is 0 Å². The highest BCUT2D eigenvalue weighted by Gasteiger charge is 2.44. The molecule has 2 rings (SSSR count). The van der Waals surface area contributed by atoms with Crippen LogP contribution < -0.4 is 4.74 Å². The van der Waals surface area contributed by atoms with Gasteiger partial charge < -0.3 is 9.84 Å². The van der Waals surface area contributed by atoms with Gasteiger partial charge in [-0.25, -0.2) is 4.39 Å². The minimum atomic E-state index is -5.02. The molecule has 2 atom stereocenters. The Hall–Kier alpha value is -1.63. The Kier molecular flexibility index (Phi) is 3.97. The molecule has 1 aromatic rings. The average Bonchev–Trinajstić information content (AvgIpc) is 2.37. The van der Waals surface area contributed by atoms with Crippen LogP contribution in [0.25, 0.3) is 0 Å². The quantitative estimate of drug-likeness (QED) is 0.854. The van der Waals surface area contributed by atoms with E-state index in [2.05, 4.69) is 4.74 Å². The first-order valence-corrected chi connectivity index (χ1v) is 6.42. The molecule has 1 aliphatic rings. The number of benzene rings is 1. The first kappa shape index (κ1) is 15.8. The van der Waals surface area contributed by atoms with E-state index in [-0.39, 0.29) is 18.4 Å². The Balaban J connectivity index is 2.44. The van der Waals surface area contributed by atoms with Gasteiger partial charge in [0.1, 0.15) is 6.10 Å². The summed E-state index contributed by atoms with van der Waals surface area (Å²) >= 11 is 0. The van der Waals surface area contributed by atoms with Crippen LogP contribution in [-0.4, -0.2) is 23.4 Å². The second-order valence-corrected chi connectivity index (χ2v) is 5.27. The van der Waals surface area contributed by atoms with Gasteiger partial charge in [-0.05, 0) is 32.3 Å². The largest absolute Gasteiger partial charge is 0.573 e.